The summed E-state index contributed by atoms with van der Waals surface area (Å²) in [4.78, 5) is 34.3. The molecule has 0 aliphatic rings. The van der Waals surface area contributed by atoms with Crippen LogP contribution in [0.5, 0.6) is 0 Å². The van der Waals surface area contributed by atoms with Crippen molar-refractivity contribution in [3.63, 3.8) is 0 Å². The fourth-order valence-corrected chi connectivity index (χ4v) is 1.76. The highest BCUT2D eigenvalue weighted by molar-refractivity contribution is 5.96. The lowest BCUT2D eigenvalue weighted by Gasteiger charge is -2.13. The number of carboxylic acids is 1. The molecule has 0 saturated heterocycles. The zero-order valence-electron chi connectivity index (χ0n) is 12.2. The van der Waals surface area contributed by atoms with Crippen molar-refractivity contribution >= 4 is 17.8 Å². The Balaban J connectivity index is 2.46. The van der Waals surface area contributed by atoms with Crippen LogP contribution in [-0.2, 0) is 9.59 Å². The predicted molar refractivity (Wildman–Crippen MR) is 78.0 cm³/mol. The minimum Gasteiger partial charge on any atom is -0.480 e. The van der Waals surface area contributed by atoms with Crippen LogP contribution in [-0.4, -0.2) is 35.5 Å². The maximum absolute atomic E-state index is 11.8. The first kappa shape index (κ1) is 16.7. The van der Waals surface area contributed by atoms with E-state index in [2.05, 4.69) is 10.6 Å². The van der Waals surface area contributed by atoms with Crippen LogP contribution in [0.15, 0.2) is 24.3 Å². The summed E-state index contributed by atoms with van der Waals surface area (Å²) >= 11 is 0. The lowest BCUT2D eigenvalue weighted by molar-refractivity contribution is -0.141. The van der Waals surface area contributed by atoms with Crippen molar-refractivity contribution < 1.29 is 19.5 Å². The molecule has 0 unspecified atom stereocenters. The monoisotopic (exact) mass is 292 g/mol. The minimum absolute atomic E-state index is 0.250. The molecule has 0 aliphatic carbocycles. The molecule has 0 aromatic heterocycles. The van der Waals surface area contributed by atoms with Gasteiger partial charge in [-0.3, -0.25) is 9.59 Å². The number of hydrogen-bond donors (Lipinski definition) is 3. The molecule has 1 atom stereocenters. The maximum Gasteiger partial charge on any atom is 0.326 e. The number of carboxylic acid groups (broad SMARTS) is 1. The van der Waals surface area contributed by atoms with Gasteiger partial charge in [-0.25, -0.2) is 4.79 Å². The molecule has 114 valence electrons. The maximum atomic E-state index is 11.8. The van der Waals surface area contributed by atoms with E-state index in [4.69, 9.17) is 5.11 Å². The van der Waals surface area contributed by atoms with Gasteiger partial charge in [-0.15, -0.1) is 0 Å². The highest BCUT2D eigenvalue weighted by Crippen LogP contribution is 2.02. The van der Waals surface area contributed by atoms with E-state index in [9.17, 15) is 14.4 Å². The first-order valence-electron chi connectivity index (χ1n) is 6.81. The summed E-state index contributed by atoms with van der Waals surface area (Å²) in [7, 11) is 0. The van der Waals surface area contributed by atoms with Gasteiger partial charge >= 0.3 is 5.97 Å². The number of benzene rings is 1. The van der Waals surface area contributed by atoms with Gasteiger partial charge in [0.05, 0.1) is 6.54 Å². The predicted octanol–water partition coefficient (Wildman–Crippen LogP) is 1.09. The molecule has 0 heterocycles. The highest BCUT2D eigenvalue weighted by Gasteiger charge is 2.18. The number of amides is 2. The third-order valence-electron chi connectivity index (χ3n) is 2.93. The molecule has 0 fully saturated rings. The molecular formula is C15H20N2O4. The summed E-state index contributed by atoms with van der Waals surface area (Å²) in [5.41, 5.74) is 1.49. The zero-order valence-corrected chi connectivity index (χ0v) is 12.2. The van der Waals surface area contributed by atoms with Crippen molar-refractivity contribution in [1.82, 2.24) is 10.6 Å². The van der Waals surface area contributed by atoms with Gasteiger partial charge in [-0.2, -0.15) is 0 Å². The van der Waals surface area contributed by atoms with E-state index in [1.54, 1.807) is 24.3 Å². The molecule has 3 N–H and O–H groups in total. The topological polar surface area (TPSA) is 95.5 Å². The van der Waals surface area contributed by atoms with Gasteiger partial charge in [0, 0.05) is 5.56 Å². The van der Waals surface area contributed by atoms with Crippen molar-refractivity contribution in [3.05, 3.63) is 35.4 Å². The molecule has 1 aromatic carbocycles. The molecule has 0 spiro atoms. The standard InChI is InChI=1S/C15H20N2O4/c1-3-4-12(15(20)21)17-13(18)9-16-14(19)11-7-5-10(2)6-8-11/h5-8,12H,3-4,9H2,1-2H3,(H,16,19)(H,17,18)(H,20,21)/t12-/m0/s1. The second-order valence-electron chi connectivity index (χ2n) is 4.80. The second kappa shape index (κ2) is 8.04. The van der Waals surface area contributed by atoms with Crippen LogP contribution in [0.3, 0.4) is 0 Å². The van der Waals surface area contributed by atoms with Crippen LogP contribution in [0.1, 0.15) is 35.7 Å². The molecule has 0 radical (unpaired) electrons. The second-order valence-corrected chi connectivity index (χ2v) is 4.80. The first-order chi connectivity index (χ1) is 9.93. The normalized spacial score (nSPS) is 11.5. The summed E-state index contributed by atoms with van der Waals surface area (Å²) in [6.07, 6.45) is 1.000. The Kier molecular flexibility index (Phi) is 6.39. The molecule has 6 nitrogen and oxygen atoms in total. The molecule has 6 heteroatoms. The summed E-state index contributed by atoms with van der Waals surface area (Å²) in [6.45, 7) is 3.50. The van der Waals surface area contributed by atoms with E-state index in [0.29, 0.717) is 18.4 Å². The van der Waals surface area contributed by atoms with Gasteiger partial charge in [0.25, 0.3) is 5.91 Å². The van der Waals surface area contributed by atoms with E-state index >= 15 is 0 Å². The molecule has 1 rings (SSSR count). The Morgan fingerprint density at radius 2 is 1.81 bits per heavy atom. The Morgan fingerprint density at radius 1 is 1.19 bits per heavy atom. The van der Waals surface area contributed by atoms with E-state index in [-0.39, 0.29) is 12.5 Å². The SMILES string of the molecule is CCC[C@H](NC(=O)CNC(=O)c1ccc(C)cc1)C(=O)O. The fourth-order valence-electron chi connectivity index (χ4n) is 1.76. The average molecular weight is 292 g/mol. The Morgan fingerprint density at radius 3 is 2.33 bits per heavy atom. The number of carbonyl (C=O) groups excluding carboxylic acids is 2. The van der Waals surface area contributed by atoms with Gasteiger partial charge in [-0.1, -0.05) is 31.0 Å². The Labute approximate surface area is 123 Å². The zero-order chi connectivity index (χ0) is 15.8. The average Bonchev–Trinajstić information content (AvgIpc) is 2.45. The largest absolute Gasteiger partial charge is 0.480 e. The van der Waals surface area contributed by atoms with Crippen molar-refractivity contribution in [2.75, 3.05) is 6.54 Å². The number of aryl methyl sites for hydroxylation is 1. The fraction of sp³-hybridized carbons (Fsp3) is 0.400. The molecule has 1 aromatic rings. The summed E-state index contributed by atoms with van der Waals surface area (Å²) in [5, 5.41) is 13.8. The van der Waals surface area contributed by atoms with Gasteiger partial charge in [0.1, 0.15) is 6.04 Å². The van der Waals surface area contributed by atoms with E-state index in [0.717, 1.165) is 5.56 Å². The van der Waals surface area contributed by atoms with E-state index in [1.165, 1.54) is 0 Å². The van der Waals surface area contributed by atoms with E-state index in [1.807, 2.05) is 13.8 Å². The number of rotatable bonds is 7. The number of carbonyl (C=O) groups is 3. The van der Waals surface area contributed by atoms with Crippen molar-refractivity contribution in [2.24, 2.45) is 0 Å². The van der Waals surface area contributed by atoms with Crippen LogP contribution < -0.4 is 10.6 Å². The Bertz CT molecular complexity index is 511. The van der Waals surface area contributed by atoms with Gasteiger partial charge in [0.2, 0.25) is 5.91 Å². The quantitative estimate of drug-likeness (QED) is 0.701. The third kappa shape index (κ3) is 5.64. The lowest BCUT2D eigenvalue weighted by atomic mass is 10.1. The third-order valence-corrected chi connectivity index (χ3v) is 2.93. The Hall–Kier alpha value is -2.37. The van der Waals surface area contributed by atoms with Crippen LogP contribution in [0.2, 0.25) is 0 Å². The number of hydrogen-bond acceptors (Lipinski definition) is 3. The molecule has 0 saturated carbocycles. The van der Waals surface area contributed by atoms with Crippen molar-refractivity contribution in [2.45, 2.75) is 32.7 Å². The van der Waals surface area contributed by atoms with Gasteiger partial charge < -0.3 is 15.7 Å². The molecule has 0 aliphatic heterocycles. The summed E-state index contributed by atoms with van der Waals surface area (Å²) < 4.78 is 0. The van der Waals surface area contributed by atoms with Gasteiger partial charge in [0.15, 0.2) is 0 Å². The lowest BCUT2D eigenvalue weighted by Crippen LogP contribution is -2.45. The first-order valence-corrected chi connectivity index (χ1v) is 6.81. The molecule has 21 heavy (non-hydrogen) atoms. The van der Waals surface area contributed by atoms with Crippen LogP contribution in [0, 0.1) is 6.92 Å². The number of nitrogens with one attached hydrogen (secondary N) is 2. The van der Waals surface area contributed by atoms with Gasteiger partial charge in [-0.05, 0) is 25.5 Å². The van der Waals surface area contributed by atoms with Crippen molar-refractivity contribution in [3.8, 4) is 0 Å². The van der Waals surface area contributed by atoms with E-state index < -0.39 is 17.9 Å². The minimum atomic E-state index is -1.07. The molecule has 2 amide bonds. The number of aliphatic carboxylic acids is 1. The van der Waals surface area contributed by atoms with Crippen LogP contribution in [0.4, 0.5) is 0 Å². The van der Waals surface area contributed by atoms with Crippen LogP contribution >= 0.6 is 0 Å². The summed E-state index contributed by atoms with van der Waals surface area (Å²) in [5.74, 6) is -1.96. The smallest absolute Gasteiger partial charge is 0.326 e. The van der Waals surface area contributed by atoms with Crippen molar-refractivity contribution in [1.29, 1.82) is 0 Å². The molecular weight excluding hydrogens is 272 g/mol. The summed E-state index contributed by atoms with van der Waals surface area (Å²) in [6, 6.07) is 6.02. The molecule has 0 bridgehead atoms. The highest BCUT2D eigenvalue weighted by atomic mass is 16.4. The van der Waals surface area contributed by atoms with Crippen LogP contribution in [0.25, 0.3) is 0 Å².